The Balaban J connectivity index is 1.18. The summed E-state index contributed by atoms with van der Waals surface area (Å²) in [4.78, 5) is 39.2. The van der Waals surface area contributed by atoms with Gasteiger partial charge in [-0.1, -0.05) is 42.8 Å². The smallest absolute Gasteiger partial charge is 0.431 e. The van der Waals surface area contributed by atoms with Crippen molar-refractivity contribution in [1.82, 2.24) is 4.90 Å². The van der Waals surface area contributed by atoms with Gasteiger partial charge in [0.25, 0.3) is 5.91 Å². The van der Waals surface area contributed by atoms with E-state index in [0.29, 0.717) is 37.1 Å². The molecule has 0 bridgehead atoms. The van der Waals surface area contributed by atoms with Gasteiger partial charge >= 0.3 is 12.1 Å². The first-order valence-corrected chi connectivity index (χ1v) is 13.7. The fraction of sp³-hybridized carbons (Fsp3) is 0.467. The van der Waals surface area contributed by atoms with Gasteiger partial charge in [-0.3, -0.25) is 15.0 Å². The number of rotatable bonds is 8. The molecule has 2 fully saturated rings. The van der Waals surface area contributed by atoms with Crippen LogP contribution in [-0.4, -0.2) is 54.3 Å². The fourth-order valence-electron chi connectivity index (χ4n) is 5.15. The Hall–Kier alpha value is -3.88. The zero-order valence-corrected chi connectivity index (χ0v) is 22.4. The fourth-order valence-corrected chi connectivity index (χ4v) is 5.15. The largest absolute Gasteiger partial charge is 0.511 e. The van der Waals surface area contributed by atoms with Crippen LogP contribution in [0.1, 0.15) is 74.2 Å². The van der Waals surface area contributed by atoms with Crippen LogP contribution in [0.4, 0.5) is 4.79 Å². The van der Waals surface area contributed by atoms with Gasteiger partial charge in [-0.25, -0.2) is 4.79 Å². The highest BCUT2D eigenvalue weighted by molar-refractivity contribution is 5.96. The number of piperidine rings is 1. The monoisotopic (exact) mass is 535 g/mol. The first kappa shape index (κ1) is 28.1. The van der Waals surface area contributed by atoms with Crippen molar-refractivity contribution in [2.75, 3.05) is 13.1 Å². The van der Waals surface area contributed by atoms with Crippen LogP contribution < -0.4 is 5.73 Å². The number of ether oxygens (including phenoxy) is 3. The summed E-state index contributed by atoms with van der Waals surface area (Å²) in [5, 5.41) is 7.51. The third-order valence-corrected chi connectivity index (χ3v) is 7.39. The van der Waals surface area contributed by atoms with Crippen molar-refractivity contribution in [3.63, 3.8) is 0 Å². The molecule has 1 heterocycles. The van der Waals surface area contributed by atoms with Gasteiger partial charge < -0.3 is 24.8 Å². The van der Waals surface area contributed by atoms with E-state index in [4.69, 9.17) is 25.4 Å². The summed E-state index contributed by atoms with van der Waals surface area (Å²) in [5.74, 6) is -0.334. The second kappa shape index (κ2) is 13.3. The molecule has 2 aromatic rings. The summed E-state index contributed by atoms with van der Waals surface area (Å²) in [5.41, 5.74) is 8.75. The zero-order valence-electron chi connectivity index (χ0n) is 22.4. The number of nitrogen functional groups attached to an aromatic ring is 1. The summed E-state index contributed by atoms with van der Waals surface area (Å²) < 4.78 is 15.7. The number of carbonyl (C=O) groups excluding carboxylic acids is 3. The summed E-state index contributed by atoms with van der Waals surface area (Å²) in [6, 6.07) is 14.9. The van der Waals surface area contributed by atoms with E-state index in [1.54, 1.807) is 12.1 Å². The Bertz CT molecular complexity index is 1150. The lowest BCUT2D eigenvalue weighted by atomic mass is 9.93. The number of benzene rings is 2. The Labute approximate surface area is 229 Å². The van der Waals surface area contributed by atoms with Gasteiger partial charge in [0.2, 0.25) is 6.29 Å². The first-order chi connectivity index (χ1) is 18.8. The Kier molecular flexibility index (Phi) is 9.57. The molecule has 0 spiro atoms. The lowest BCUT2D eigenvalue weighted by Gasteiger charge is -2.32. The molecule has 1 unspecified atom stereocenters. The number of nitrogens with one attached hydrogen (secondary N) is 1. The number of hydrogen-bond acceptors (Lipinski definition) is 7. The van der Waals surface area contributed by atoms with Crippen LogP contribution in [0, 0.1) is 11.3 Å². The predicted octanol–water partition coefficient (Wildman–Crippen LogP) is 5.26. The standard InChI is InChI=1S/C30H37N3O6/c1-20(38-30(36)39-26-5-3-2-4-6-26)37-27(34)19-21-15-17-33(18-16-21)29(35)25-13-9-23(10-14-25)22-7-11-24(12-8-22)28(31)32/h7-14,20-21,26H,2-6,15-19H2,1H3,(H3,31,32). The highest BCUT2D eigenvalue weighted by atomic mass is 16.8. The van der Waals surface area contributed by atoms with E-state index in [1.807, 2.05) is 41.3 Å². The summed E-state index contributed by atoms with van der Waals surface area (Å²) in [6.07, 6.45) is 4.59. The van der Waals surface area contributed by atoms with Crippen LogP contribution in [0.5, 0.6) is 0 Å². The highest BCUT2D eigenvalue weighted by Crippen LogP contribution is 2.25. The van der Waals surface area contributed by atoms with E-state index in [-0.39, 0.29) is 30.2 Å². The number of nitrogens with two attached hydrogens (primary N) is 1. The second-order valence-electron chi connectivity index (χ2n) is 10.3. The number of amides is 1. The maximum atomic E-state index is 13.0. The molecule has 1 aliphatic heterocycles. The van der Waals surface area contributed by atoms with Gasteiger partial charge in [0.15, 0.2) is 0 Å². The quantitative estimate of drug-likeness (QED) is 0.204. The minimum absolute atomic E-state index is 0.0263. The van der Waals surface area contributed by atoms with Crippen molar-refractivity contribution in [3.05, 3.63) is 59.7 Å². The molecule has 1 aliphatic carbocycles. The van der Waals surface area contributed by atoms with Crippen molar-refractivity contribution < 1.29 is 28.6 Å². The lowest BCUT2D eigenvalue weighted by molar-refractivity contribution is -0.170. The minimum atomic E-state index is -1.01. The predicted molar refractivity (Wildman–Crippen MR) is 146 cm³/mol. The molecule has 4 rings (SSSR count). The topological polar surface area (TPSA) is 132 Å². The van der Waals surface area contributed by atoms with Crippen molar-refractivity contribution >= 4 is 23.9 Å². The van der Waals surface area contributed by atoms with Crippen molar-refractivity contribution in [1.29, 1.82) is 5.41 Å². The van der Waals surface area contributed by atoms with E-state index < -0.39 is 18.4 Å². The van der Waals surface area contributed by atoms with Crippen LogP contribution in [-0.2, 0) is 19.0 Å². The van der Waals surface area contributed by atoms with Gasteiger partial charge in [-0.2, -0.15) is 0 Å². The molecule has 9 nitrogen and oxygen atoms in total. The second-order valence-corrected chi connectivity index (χ2v) is 10.3. The average Bonchev–Trinajstić information content (AvgIpc) is 2.93. The molecule has 1 saturated heterocycles. The van der Waals surface area contributed by atoms with Gasteiger partial charge in [-0.05, 0) is 67.7 Å². The third kappa shape index (κ3) is 8.05. The summed E-state index contributed by atoms with van der Waals surface area (Å²) >= 11 is 0. The van der Waals surface area contributed by atoms with Gasteiger partial charge in [0.1, 0.15) is 11.9 Å². The average molecular weight is 536 g/mol. The molecule has 1 saturated carbocycles. The summed E-state index contributed by atoms with van der Waals surface area (Å²) in [7, 11) is 0. The van der Waals surface area contributed by atoms with Crippen LogP contribution in [0.15, 0.2) is 48.5 Å². The normalized spacial score (nSPS) is 17.2. The van der Waals surface area contributed by atoms with E-state index in [2.05, 4.69) is 0 Å². The molecule has 1 amide bonds. The summed E-state index contributed by atoms with van der Waals surface area (Å²) in [6.45, 7) is 2.63. The van der Waals surface area contributed by atoms with E-state index in [9.17, 15) is 14.4 Å². The molecule has 0 aromatic heterocycles. The van der Waals surface area contributed by atoms with Gasteiger partial charge in [-0.15, -0.1) is 0 Å². The van der Waals surface area contributed by atoms with Crippen LogP contribution >= 0.6 is 0 Å². The van der Waals surface area contributed by atoms with E-state index in [1.165, 1.54) is 6.92 Å². The molecule has 208 valence electrons. The zero-order chi connectivity index (χ0) is 27.8. The van der Waals surface area contributed by atoms with Crippen molar-refractivity contribution in [2.45, 2.75) is 70.7 Å². The van der Waals surface area contributed by atoms with Crippen LogP contribution in [0.25, 0.3) is 11.1 Å². The Morgan fingerprint density at radius 2 is 1.44 bits per heavy atom. The molecule has 0 radical (unpaired) electrons. The Morgan fingerprint density at radius 1 is 0.872 bits per heavy atom. The number of carbonyl (C=O) groups is 3. The number of amidine groups is 1. The SMILES string of the molecule is CC(OC(=O)CC1CCN(C(=O)c2ccc(-c3ccc(C(=N)N)cc3)cc2)CC1)OC(=O)OC1CCCCC1. The first-order valence-electron chi connectivity index (χ1n) is 13.7. The molecule has 9 heteroatoms. The van der Waals surface area contributed by atoms with Crippen molar-refractivity contribution in [2.24, 2.45) is 11.7 Å². The maximum Gasteiger partial charge on any atom is 0.511 e. The van der Waals surface area contributed by atoms with Gasteiger partial charge in [0, 0.05) is 37.6 Å². The molecule has 1 atom stereocenters. The number of nitrogens with zero attached hydrogens (tertiary/aromatic N) is 1. The van der Waals surface area contributed by atoms with Crippen LogP contribution in [0.3, 0.4) is 0 Å². The van der Waals surface area contributed by atoms with E-state index >= 15 is 0 Å². The highest BCUT2D eigenvalue weighted by Gasteiger charge is 2.27. The number of likely N-dealkylation sites (tertiary alicyclic amines) is 1. The maximum absolute atomic E-state index is 13.0. The molecular weight excluding hydrogens is 498 g/mol. The number of esters is 1. The molecule has 2 aromatic carbocycles. The molecule has 2 aliphatic rings. The molecular formula is C30H37N3O6. The molecule has 3 N–H and O–H groups in total. The molecule has 39 heavy (non-hydrogen) atoms. The van der Waals surface area contributed by atoms with Gasteiger partial charge in [0.05, 0.1) is 0 Å². The van der Waals surface area contributed by atoms with Crippen LogP contribution in [0.2, 0.25) is 0 Å². The van der Waals surface area contributed by atoms with E-state index in [0.717, 1.165) is 43.2 Å². The third-order valence-electron chi connectivity index (χ3n) is 7.39. The Morgan fingerprint density at radius 3 is 2.00 bits per heavy atom. The minimum Gasteiger partial charge on any atom is -0.431 e. The lowest BCUT2D eigenvalue weighted by Crippen LogP contribution is -2.39. The number of hydrogen-bond donors (Lipinski definition) is 2. The van der Waals surface area contributed by atoms with Crippen molar-refractivity contribution in [3.8, 4) is 11.1 Å².